The van der Waals surface area contributed by atoms with Gasteiger partial charge in [0.05, 0.1) is 5.69 Å². The van der Waals surface area contributed by atoms with Crippen LogP contribution in [0, 0.1) is 0 Å². The molecule has 2 heterocycles. The molecule has 118 valence electrons. The zero-order valence-electron chi connectivity index (χ0n) is 12.4. The third kappa shape index (κ3) is 3.81. The van der Waals surface area contributed by atoms with E-state index < -0.39 is 0 Å². The maximum Gasteiger partial charge on any atom is 0.261 e. The third-order valence-electron chi connectivity index (χ3n) is 3.13. The van der Waals surface area contributed by atoms with Crippen LogP contribution in [0.1, 0.15) is 13.8 Å². The monoisotopic (exact) mass is 376 g/mol. The molecule has 4 amide bonds. The largest absolute Gasteiger partial charge is 0.289 e. The highest BCUT2D eigenvalue weighted by Crippen LogP contribution is 2.23. The summed E-state index contributed by atoms with van der Waals surface area (Å²) in [4.78, 5) is 44.9. The molecule has 23 heavy (non-hydrogen) atoms. The maximum atomic E-state index is 11.6. The Balaban J connectivity index is 0.000000203. The SMILES string of the molecule is CC1=CC(=O)N(c2ccc(Br)cc2)C1=O.CC1=CC(=O)NC1=O. The summed E-state index contributed by atoms with van der Waals surface area (Å²) >= 11 is 3.29. The smallest absolute Gasteiger partial charge is 0.261 e. The van der Waals surface area contributed by atoms with Crippen molar-refractivity contribution in [1.82, 2.24) is 5.32 Å². The molecule has 1 aromatic carbocycles. The first-order chi connectivity index (χ1) is 10.8. The van der Waals surface area contributed by atoms with Gasteiger partial charge in [0.2, 0.25) is 0 Å². The van der Waals surface area contributed by atoms with Crippen LogP contribution in [0.2, 0.25) is 0 Å². The van der Waals surface area contributed by atoms with Crippen LogP contribution >= 0.6 is 15.9 Å². The van der Waals surface area contributed by atoms with Crippen LogP contribution in [-0.2, 0) is 19.2 Å². The number of carbonyl (C=O) groups is 4. The van der Waals surface area contributed by atoms with Gasteiger partial charge in [-0.05, 0) is 38.1 Å². The van der Waals surface area contributed by atoms with Crippen molar-refractivity contribution in [2.45, 2.75) is 13.8 Å². The number of hydrogen-bond donors (Lipinski definition) is 1. The van der Waals surface area contributed by atoms with E-state index in [4.69, 9.17) is 0 Å². The van der Waals surface area contributed by atoms with Crippen LogP contribution in [0.25, 0.3) is 0 Å². The lowest BCUT2D eigenvalue weighted by Gasteiger charge is -2.14. The lowest BCUT2D eigenvalue weighted by Crippen LogP contribution is -2.30. The summed E-state index contributed by atoms with van der Waals surface area (Å²) in [5.41, 5.74) is 1.55. The van der Waals surface area contributed by atoms with Crippen LogP contribution in [0.15, 0.2) is 52.0 Å². The number of rotatable bonds is 1. The summed E-state index contributed by atoms with van der Waals surface area (Å²) < 4.78 is 0.912. The highest BCUT2D eigenvalue weighted by atomic mass is 79.9. The van der Waals surface area contributed by atoms with Gasteiger partial charge in [-0.15, -0.1) is 0 Å². The van der Waals surface area contributed by atoms with Crippen LogP contribution < -0.4 is 10.2 Å². The molecular weight excluding hydrogens is 364 g/mol. The van der Waals surface area contributed by atoms with E-state index in [1.165, 1.54) is 17.1 Å². The molecule has 2 aliphatic rings. The molecule has 0 atom stereocenters. The standard InChI is InChI=1S/C11H8BrNO2.C5H5NO2/c1-7-6-10(14)13(11(7)15)9-4-2-8(12)3-5-9;1-3-2-4(7)6-5(3)8/h2-6H,1H3;2H,1H3,(H,6,7,8). The molecule has 0 unspecified atom stereocenters. The van der Waals surface area contributed by atoms with Gasteiger partial charge in [0.1, 0.15) is 0 Å². The van der Waals surface area contributed by atoms with Crippen LogP contribution in [0.5, 0.6) is 0 Å². The Labute approximate surface area is 141 Å². The first-order valence-corrected chi connectivity index (χ1v) is 7.45. The minimum atomic E-state index is -0.312. The molecule has 2 aliphatic heterocycles. The molecule has 6 nitrogen and oxygen atoms in total. The van der Waals surface area contributed by atoms with E-state index in [9.17, 15) is 19.2 Å². The zero-order valence-corrected chi connectivity index (χ0v) is 14.0. The van der Waals surface area contributed by atoms with E-state index in [1.807, 2.05) is 0 Å². The summed E-state index contributed by atoms with van der Waals surface area (Å²) in [6.45, 7) is 3.24. The van der Waals surface area contributed by atoms with E-state index in [2.05, 4.69) is 21.2 Å². The fourth-order valence-electron chi connectivity index (χ4n) is 1.93. The molecule has 0 saturated heterocycles. The summed E-state index contributed by atoms with van der Waals surface area (Å²) in [6, 6.07) is 7.05. The van der Waals surface area contributed by atoms with Crippen molar-refractivity contribution in [3.05, 3.63) is 52.0 Å². The Morgan fingerprint density at radius 1 is 0.913 bits per heavy atom. The van der Waals surface area contributed by atoms with Gasteiger partial charge in [-0.1, -0.05) is 15.9 Å². The number of nitrogens with zero attached hydrogens (tertiary/aromatic N) is 1. The number of carbonyl (C=O) groups excluding carboxylic acids is 4. The third-order valence-corrected chi connectivity index (χ3v) is 3.66. The van der Waals surface area contributed by atoms with Crippen molar-refractivity contribution in [3.63, 3.8) is 0 Å². The van der Waals surface area contributed by atoms with Crippen LogP contribution in [0.4, 0.5) is 5.69 Å². The number of imide groups is 2. The lowest BCUT2D eigenvalue weighted by molar-refractivity contribution is -0.124. The molecule has 0 spiro atoms. The quantitative estimate of drug-likeness (QED) is 0.758. The number of benzene rings is 1. The van der Waals surface area contributed by atoms with Gasteiger partial charge in [0.15, 0.2) is 0 Å². The summed E-state index contributed by atoms with van der Waals surface area (Å²) in [6.07, 6.45) is 2.63. The Morgan fingerprint density at radius 2 is 1.52 bits per heavy atom. The predicted octanol–water partition coefficient (Wildman–Crippen LogP) is 1.86. The molecule has 1 aromatic rings. The predicted molar refractivity (Wildman–Crippen MR) is 87.3 cm³/mol. The number of hydrogen-bond acceptors (Lipinski definition) is 4. The van der Waals surface area contributed by atoms with Gasteiger partial charge >= 0.3 is 0 Å². The van der Waals surface area contributed by atoms with Crippen molar-refractivity contribution in [3.8, 4) is 0 Å². The van der Waals surface area contributed by atoms with Crippen molar-refractivity contribution < 1.29 is 19.2 Å². The molecule has 0 aromatic heterocycles. The fraction of sp³-hybridized carbons (Fsp3) is 0.125. The fourth-order valence-corrected chi connectivity index (χ4v) is 2.20. The van der Waals surface area contributed by atoms with Gasteiger partial charge in [0, 0.05) is 27.8 Å². The molecule has 7 heteroatoms. The highest BCUT2D eigenvalue weighted by Gasteiger charge is 2.29. The topological polar surface area (TPSA) is 83.6 Å². The molecule has 0 bridgehead atoms. The first kappa shape index (κ1) is 16.8. The van der Waals surface area contributed by atoms with E-state index in [1.54, 1.807) is 38.1 Å². The number of anilines is 1. The molecule has 0 radical (unpaired) electrons. The van der Waals surface area contributed by atoms with Gasteiger partial charge < -0.3 is 0 Å². The second-order valence-electron chi connectivity index (χ2n) is 4.93. The van der Waals surface area contributed by atoms with E-state index in [0.717, 1.165) is 4.47 Å². The number of amides is 4. The number of nitrogens with one attached hydrogen (secondary N) is 1. The van der Waals surface area contributed by atoms with Gasteiger partial charge in [-0.25, -0.2) is 4.90 Å². The Morgan fingerprint density at radius 3 is 1.87 bits per heavy atom. The van der Waals surface area contributed by atoms with E-state index in [0.29, 0.717) is 16.8 Å². The lowest BCUT2D eigenvalue weighted by atomic mass is 10.3. The molecule has 0 aliphatic carbocycles. The molecule has 1 N–H and O–H groups in total. The van der Waals surface area contributed by atoms with E-state index >= 15 is 0 Å². The highest BCUT2D eigenvalue weighted by molar-refractivity contribution is 9.10. The summed E-state index contributed by atoms with van der Waals surface area (Å²) in [7, 11) is 0. The second-order valence-corrected chi connectivity index (χ2v) is 5.84. The Kier molecular flexibility index (Phi) is 4.90. The molecule has 0 fully saturated rings. The number of halogens is 1. The van der Waals surface area contributed by atoms with Crippen molar-refractivity contribution in [2.75, 3.05) is 4.90 Å². The second kappa shape index (κ2) is 6.70. The van der Waals surface area contributed by atoms with Crippen molar-refractivity contribution >= 4 is 45.2 Å². The van der Waals surface area contributed by atoms with Crippen molar-refractivity contribution in [2.24, 2.45) is 0 Å². The molecular formula is C16H13BrN2O4. The first-order valence-electron chi connectivity index (χ1n) is 6.65. The van der Waals surface area contributed by atoms with Crippen molar-refractivity contribution in [1.29, 1.82) is 0 Å². The normalized spacial score (nSPS) is 16.7. The van der Waals surface area contributed by atoms with Gasteiger partial charge in [-0.3, -0.25) is 24.5 Å². The summed E-state index contributed by atoms with van der Waals surface area (Å²) in [5, 5.41) is 2.10. The van der Waals surface area contributed by atoms with Crippen LogP contribution in [-0.4, -0.2) is 23.6 Å². The summed E-state index contributed by atoms with van der Waals surface area (Å²) in [5.74, 6) is -1.12. The zero-order chi connectivity index (χ0) is 17.1. The Hall–Kier alpha value is -2.54. The van der Waals surface area contributed by atoms with Gasteiger partial charge in [0.25, 0.3) is 23.6 Å². The maximum absolute atomic E-state index is 11.6. The average molecular weight is 377 g/mol. The van der Waals surface area contributed by atoms with Gasteiger partial charge in [-0.2, -0.15) is 0 Å². The Bertz CT molecular complexity index is 763. The minimum absolute atomic E-state index is 0.248. The van der Waals surface area contributed by atoms with Crippen LogP contribution in [0.3, 0.4) is 0 Å². The molecule has 3 rings (SSSR count). The average Bonchev–Trinajstić information content (AvgIpc) is 2.91. The van der Waals surface area contributed by atoms with E-state index in [-0.39, 0.29) is 23.6 Å². The molecule has 0 saturated carbocycles. The minimum Gasteiger partial charge on any atom is -0.289 e.